The van der Waals surface area contributed by atoms with Gasteiger partial charge in [-0.15, -0.1) is 0 Å². The summed E-state index contributed by atoms with van der Waals surface area (Å²) in [6.45, 7) is 1.98. The highest BCUT2D eigenvalue weighted by Crippen LogP contribution is 2.26. The smallest absolute Gasteiger partial charge is 0.166 e. The number of fused-ring (bicyclic) bond motifs is 1. The third-order valence-corrected chi connectivity index (χ3v) is 3.65. The first-order chi connectivity index (χ1) is 9.15. The minimum Gasteiger partial charge on any atom is -0.294 e. The average Bonchev–Trinajstić information content (AvgIpc) is 2.38. The molecule has 0 spiro atoms. The zero-order valence-corrected chi connectivity index (χ0v) is 11.4. The molecule has 2 aromatic rings. The Morgan fingerprint density at radius 2 is 2.05 bits per heavy atom. The molecule has 4 heteroatoms. The number of aromatic nitrogens is 2. The minimum absolute atomic E-state index is 0.153. The molecule has 3 rings (SSSR count). The second-order valence-electron chi connectivity index (χ2n) is 4.79. The molecular weight excluding hydrogens is 260 g/mol. The number of hydrogen-bond acceptors (Lipinski definition) is 3. The zero-order chi connectivity index (χ0) is 13.4. The van der Waals surface area contributed by atoms with Gasteiger partial charge in [0.2, 0.25) is 0 Å². The zero-order valence-electron chi connectivity index (χ0n) is 10.6. The fourth-order valence-electron chi connectivity index (χ4n) is 2.40. The molecule has 1 heterocycles. The summed E-state index contributed by atoms with van der Waals surface area (Å²) in [5, 5.41) is 0.703. The van der Waals surface area contributed by atoms with Crippen LogP contribution in [0.1, 0.15) is 34.5 Å². The van der Waals surface area contributed by atoms with Gasteiger partial charge in [-0.2, -0.15) is 0 Å². The number of carbonyl (C=O) groups excluding carboxylic acids is 1. The van der Waals surface area contributed by atoms with E-state index in [4.69, 9.17) is 11.6 Å². The Kier molecular flexibility index (Phi) is 3.07. The number of benzene rings is 1. The van der Waals surface area contributed by atoms with E-state index in [0.29, 0.717) is 22.8 Å². The van der Waals surface area contributed by atoms with Crippen molar-refractivity contribution in [1.29, 1.82) is 0 Å². The molecule has 0 aliphatic heterocycles. The maximum atomic E-state index is 11.7. The Morgan fingerprint density at radius 1 is 1.21 bits per heavy atom. The van der Waals surface area contributed by atoms with Crippen LogP contribution in [-0.4, -0.2) is 15.8 Å². The molecule has 0 bridgehead atoms. The summed E-state index contributed by atoms with van der Waals surface area (Å²) in [5.74, 6) is 0.822. The molecule has 19 heavy (non-hydrogen) atoms. The number of ketones is 1. The van der Waals surface area contributed by atoms with Gasteiger partial charge in [0.25, 0.3) is 0 Å². The third kappa shape index (κ3) is 2.26. The van der Waals surface area contributed by atoms with E-state index >= 15 is 0 Å². The number of carbonyl (C=O) groups is 1. The van der Waals surface area contributed by atoms with Crippen LogP contribution in [0.15, 0.2) is 24.4 Å². The lowest BCUT2D eigenvalue weighted by Gasteiger charge is -2.14. The van der Waals surface area contributed by atoms with E-state index in [-0.39, 0.29) is 5.78 Å². The third-order valence-electron chi connectivity index (χ3n) is 3.41. The SMILES string of the molecule is Cc1cc(Cl)ccc1-c1ncc2c(n1)CCCC2=O. The van der Waals surface area contributed by atoms with E-state index in [0.717, 1.165) is 29.7 Å². The molecule has 1 aromatic heterocycles. The number of aryl methyl sites for hydroxylation is 2. The first kappa shape index (κ1) is 12.3. The van der Waals surface area contributed by atoms with Crippen LogP contribution in [0.5, 0.6) is 0 Å². The highest BCUT2D eigenvalue weighted by atomic mass is 35.5. The summed E-state index contributed by atoms with van der Waals surface area (Å²) < 4.78 is 0. The fraction of sp³-hybridized carbons (Fsp3) is 0.267. The van der Waals surface area contributed by atoms with Crippen molar-refractivity contribution in [3.63, 3.8) is 0 Å². The van der Waals surface area contributed by atoms with Gasteiger partial charge in [-0.1, -0.05) is 11.6 Å². The summed E-state index contributed by atoms with van der Waals surface area (Å²) >= 11 is 5.95. The lowest BCUT2D eigenvalue weighted by molar-refractivity contribution is 0.0971. The Labute approximate surface area is 116 Å². The summed E-state index contributed by atoms with van der Waals surface area (Å²) in [5.41, 5.74) is 3.55. The Balaban J connectivity index is 2.09. The average molecular weight is 273 g/mol. The minimum atomic E-state index is 0.153. The molecule has 0 amide bonds. The molecule has 1 aliphatic rings. The molecule has 0 unspecified atom stereocenters. The largest absolute Gasteiger partial charge is 0.294 e. The van der Waals surface area contributed by atoms with E-state index in [1.54, 1.807) is 6.20 Å². The van der Waals surface area contributed by atoms with Crippen molar-refractivity contribution >= 4 is 17.4 Å². The predicted octanol–water partition coefficient (Wildman–Crippen LogP) is 3.62. The number of nitrogens with zero attached hydrogens (tertiary/aromatic N) is 2. The topological polar surface area (TPSA) is 42.9 Å². The maximum absolute atomic E-state index is 11.7. The maximum Gasteiger partial charge on any atom is 0.166 e. The first-order valence-corrected chi connectivity index (χ1v) is 6.68. The van der Waals surface area contributed by atoms with Crippen LogP contribution >= 0.6 is 11.6 Å². The predicted molar refractivity (Wildman–Crippen MR) is 74.5 cm³/mol. The summed E-state index contributed by atoms with van der Waals surface area (Å²) in [4.78, 5) is 20.6. The van der Waals surface area contributed by atoms with E-state index < -0.39 is 0 Å². The van der Waals surface area contributed by atoms with Crippen LogP contribution in [0.4, 0.5) is 0 Å². The number of hydrogen-bond donors (Lipinski definition) is 0. The standard InChI is InChI=1S/C15H13ClN2O/c1-9-7-10(16)5-6-11(9)15-17-8-12-13(18-15)3-2-4-14(12)19/h5-8H,2-4H2,1H3. The van der Waals surface area contributed by atoms with Gasteiger partial charge in [0.1, 0.15) is 0 Å². The van der Waals surface area contributed by atoms with Crippen molar-refractivity contribution in [2.75, 3.05) is 0 Å². The van der Waals surface area contributed by atoms with Gasteiger partial charge in [0.15, 0.2) is 11.6 Å². The van der Waals surface area contributed by atoms with Crippen molar-refractivity contribution in [3.8, 4) is 11.4 Å². The molecule has 0 atom stereocenters. The van der Waals surface area contributed by atoms with Crippen LogP contribution in [-0.2, 0) is 6.42 Å². The van der Waals surface area contributed by atoms with Crippen LogP contribution < -0.4 is 0 Å². The normalized spacial score (nSPS) is 14.3. The van der Waals surface area contributed by atoms with Gasteiger partial charge in [-0.3, -0.25) is 4.79 Å². The van der Waals surface area contributed by atoms with Crippen molar-refractivity contribution < 1.29 is 4.79 Å². The Bertz CT molecular complexity index is 667. The monoisotopic (exact) mass is 272 g/mol. The van der Waals surface area contributed by atoms with E-state index in [2.05, 4.69) is 9.97 Å². The molecule has 1 aliphatic carbocycles. The molecule has 1 aromatic carbocycles. The first-order valence-electron chi connectivity index (χ1n) is 6.31. The molecule has 0 radical (unpaired) electrons. The highest BCUT2D eigenvalue weighted by Gasteiger charge is 2.19. The summed E-state index contributed by atoms with van der Waals surface area (Å²) in [7, 11) is 0. The molecule has 96 valence electrons. The fourth-order valence-corrected chi connectivity index (χ4v) is 2.63. The summed E-state index contributed by atoms with van der Waals surface area (Å²) in [6.07, 6.45) is 3.99. The van der Waals surface area contributed by atoms with Crippen molar-refractivity contribution in [2.24, 2.45) is 0 Å². The van der Waals surface area contributed by atoms with Gasteiger partial charge in [0.05, 0.1) is 11.3 Å². The molecule has 0 saturated heterocycles. The second-order valence-corrected chi connectivity index (χ2v) is 5.23. The van der Waals surface area contributed by atoms with Gasteiger partial charge in [-0.25, -0.2) is 9.97 Å². The van der Waals surface area contributed by atoms with E-state index in [9.17, 15) is 4.79 Å². The Hall–Kier alpha value is -1.74. The van der Waals surface area contributed by atoms with Crippen LogP contribution in [0, 0.1) is 6.92 Å². The molecule has 0 saturated carbocycles. The van der Waals surface area contributed by atoms with Crippen molar-refractivity contribution in [1.82, 2.24) is 9.97 Å². The Morgan fingerprint density at radius 3 is 2.84 bits per heavy atom. The van der Waals surface area contributed by atoms with E-state index in [1.807, 2.05) is 25.1 Å². The second kappa shape index (κ2) is 4.74. The lowest BCUT2D eigenvalue weighted by Crippen LogP contribution is -2.13. The lowest BCUT2D eigenvalue weighted by atomic mass is 9.96. The van der Waals surface area contributed by atoms with Crippen LogP contribution in [0.3, 0.4) is 0 Å². The molecule has 0 N–H and O–H groups in total. The quantitative estimate of drug-likeness (QED) is 0.796. The molecule has 3 nitrogen and oxygen atoms in total. The number of halogens is 1. The van der Waals surface area contributed by atoms with Crippen LogP contribution in [0.2, 0.25) is 5.02 Å². The van der Waals surface area contributed by atoms with Gasteiger partial charge < -0.3 is 0 Å². The van der Waals surface area contributed by atoms with Crippen molar-refractivity contribution in [3.05, 3.63) is 46.2 Å². The molecule has 0 fully saturated rings. The van der Waals surface area contributed by atoms with Gasteiger partial charge >= 0.3 is 0 Å². The molecular formula is C15H13ClN2O. The van der Waals surface area contributed by atoms with Gasteiger partial charge in [-0.05, 0) is 43.5 Å². The summed E-state index contributed by atoms with van der Waals surface area (Å²) in [6, 6.07) is 5.65. The highest BCUT2D eigenvalue weighted by molar-refractivity contribution is 6.30. The number of Topliss-reactive ketones (excluding diaryl/α,β-unsaturated/α-hetero) is 1. The number of rotatable bonds is 1. The van der Waals surface area contributed by atoms with Gasteiger partial charge in [0, 0.05) is 23.2 Å². The van der Waals surface area contributed by atoms with Crippen LogP contribution in [0.25, 0.3) is 11.4 Å². The van der Waals surface area contributed by atoms with Crippen molar-refractivity contribution in [2.45, 2.75) is 26.2 Å². The van der Waals surface area contributed by atoms with E-state index in [1.165, 1.54) is 0 Å².